The lowest BCUT2D eigenvalue weighted by Crippen LogP contribution is -2.26. The molecule has 0 saturated heterocycles. The van der Waals surface area contributed by atoms with Crippen LogP contribution in [-0.2, 0) is 0 Å². The maximum atomic E-state index is 12.7. The molecule has 1 amide bonds. The molecule has 0 spiro atoms. The van der Waals surface area contributed by atoms with E-state index >= 15 is 0 Å². The molecule has 1 heterocycles. The molecular formula is C22H26N4O5. The minimum atomic E-state index is -0.531. The van der Waals surface area contributed by atoms with Gasteiger partial charge in [-0.15, -0.1) is 0 Å². The van der Waals surface area contributed by atoms with Gasteiger partial charge in [0.05, 0.1) is 22.6 Å². The zero-order valence-corrected chi connectivity index (χ0v) is 17.8. The molecule has 164 valence electrons. The van der Waals surface area contributed by atoms with Crippen molar-refractivity contribution in [2.45, 2.75) is 26.2 Å². The Hall–Kier alpha value is -3.46. The van der Waals surface area contributed by atoms with Crippen molar-refractivity contribution in [3.8, 4) is 5.75 Å². The van der Waals surface area contributed by atoms with Crippen LogP contribution >= 0.6 is 0 Å². The minimum absolute atomic E-state index is 0.00793. The van der Waals surface area contributed by atoms with Crippen LogP contribution in [0.15, 0.2) is 21.7 Å². The Morgan fingerprint density at radius 3 is 2.58 bits per heavy atom. The molecule has 0 atom stereocenters. The third kappa shape index (κ3) is 4.36. The van der Waals surface area contributed by atoms with E-state index in [1.54, 1.807) is 0 Å². The largest absolute Gasteiger partial charge is 0.515 e. The molecule has 4 N–H and O–H groups in total. The lowest BCUT2D eigenvalue weighted by Gasteiger charge is -2.11. The molecule has 0 fully saturated rings. The molecule has 9 heteroatoms. The van der Waals surface area contributed by atoms with E-state index in [0.717, 1.165) is 25.8 Å². The number of rotatable bonds is 7. The molecule has 2 aromatic carbocycles. The van der Waals surface area contributed by atoms with Gasteiger partial charge in [-0.3, -0.25) is 14.4 Å². The first-order chi connectivity index (χ1) is 14.8. The van der Waals surface area contributed by atoms with Crippen molar-refractivity contribution in [2.24, 2.45) is 0 Å². The lowest BCUT2D eigenvalue weighted by atomic mass is 10.1. The summed E-state index contributed by atoms with van der Waals surface area (Å²) in [6.45, 7) is 2.88. The fourth-order valence-corrected chi connectivity index (χ4v) is 3.47. The predicted molar refractivity (Wildman–Crippen MR) is 120 cm³/mol. The first-order valence-corrected chi connectivity index (χ1v) is 10.1. The van der Waals surface area contributed by atoms with E-state index in [4.69, 9.17) is 0 Å². The molecule has 3 rings (SSSR count). The van der Waals surface area contributed by atoms with Crippen molar-refractivity contribution in [1.29, 1.82) is 0 Å². The topological polar surface area (TPSA) is 136 Å². The lowest BCUT2D eigenvalue weighted by molar-refractivity contribution is 0.0954. The summed E-state index contributed by atoms with van der Waals surface area (Å²) in [6.07, 6.45) is 3.46. The Morgan fingerprint density at radius 1 is 1.16 bits per heavy atom. The van der Waals surface area contributed by atoms with Crippen molar-refractivity contribution in [1.82, 2.24) is 20.2 Å². The summed E-state index contributed by atoms with van der Waals surface area (Å²) in [5.74, 6) is -0.789. The summed E-state index contributed by atoms with van der Waals surface area (Å²) in [6, 6.07) is 2.63. The van der Waals surface area contributed by atoms with Gasteiger partial charge in [0.15, 0.2) is 0 Å². The number of nitrogens with zero attached hydrogens (tertiary/aromatic N) is 2. The minimum Gasteiger partial charge on any atom is -0.515 e. The molecule has 0 bridgehead atoms. The summed E-state index contributed by atoms with van der Waals surface area (Å²) in [4.78, 5) is 46.9. The zero-order chi connectivity index (χ0) is 22.7. The van der Waals surface area contributed by atoms with Crippen LogP contribution in [0.5, 0.6) is 5.75 Å². The average molecular weight is 426 g/mol. The zero-order valence-electron chi connectivity index (χ0n) is 17.8. The highest BCUT2D eigenvalue weighted by atomic mass is 16.3. The van der Waals surface area contributed by atoms with E-state index in [1.807, 2.05) is 14.1 Å². The van der Waals surface area contributed by atoms with Crippen LogP contribution in [-0.4, -0.2) is 58.2 Å². The number of aromatic amines is 1. The number of phenols is 1. The summed E-state index contributed by atoms with van der Waals surface area (Å²) in [5.41, 5.74) is -0.747. The molecule has 0 saturated carbocycles. The van der Waals surface area contributed by atoms with Crippen LogP contribution in [0.2, 0.25) is 0 Å². The maximum absolute atomic E-state index is 12.7. The van der Waals surface area contributed by atoms with Gasteiger partial charge in [0, 0.05) is 12.1 Å². The Labute approximate surface area is 178 Å². The van der Waals surface area contributed by atoms with Gasteiger partial charge < -0.3 is 25.4 Å². The monoisotopic (exact) mass is 426 g/mol. The van der Waals surface area contributed by atoms with Crippen molar-refractivity contribution in [2.75, 3.05) is 27.2 Å². The predicted octanol–water partition coefficient (Wildman–Crippen LogP) is 0.927. The normalized spacial score (nSPS) is 12.2. The molecule has 31 heavy (non-hydrogen) atoms. The van der Waals surface area contributed by atoms with Gasteiger partial charge in [-0.1, -0.05) is 6.42 Å². The fraction of sp³-hybridized carbons (Fsp3) is 0.364. The number of aliphatic hydroxyl groups excluding tert-OH is 1. The Bertz CT molecular complexity index is 1310. The number of aromatic hydroxyl groups is 1. The molecule has 0 aliphatic rings. The maximum Gasteiger partial charge on any atom is 0.253 e. The van der Waals surface area contributed by atoms with E-state index in [9.17, 15) is 24.6 Å². The second kappa shape index (κ2) is 9.13. The number of phenolic OH excluding ortho intramolecular Hbond substituents is 1. The number of fused-ring (bicyclic) bond motifs is 2. The molecule has 3 aromatic rings. The highest BCUT2D eigenvalue weighted by Crippen LogP contribution is 2.17. The first-order valence-electron chi connectivity index (χ1n) is 10.1. The van der Waals surface area contributed by atoms with Gasteiger partial charge in [-0.25, -0.2) is 4.98 Å². The number of benzene rings is 2. The SMILES string of the molecule is Cc1c(O)/c(=C\O)c2nc3c(=O)ccc(C(=O)NCCCCCN(C)C)c3[nH]c2c1=O. The van der Waals surface area contributed by atoms with Gasteiger partial charge in [0.1, 0.15) is 22.3 Å². The second-order valence-corrected chi connectivity index (χ2v) is 7.76. The van der Waals surface area contributed by atoms with Gasteiger partial charge >= 0.3 is 0 Å². The highest BCUT2D eigenvalue weighted by Gasteiger charge is 2.18. The number of carbonyl (C=O) groups excluding carboxylic acids is 1. The Morgan fingerprint density at radius 2 is 1.90 bits per heavy atom. The number of unbranched alkanes of at least 4 members (excludes halogenated alkanes) is 2. The van der Waals surface area contributed by atoms with Gasteiger partial charge in [0.2, 0.25) is 10.9 Å². The van der Waals surface area contributed by atoms with Crippen LogP contribution in [0, 0.1) is 6.92 Å². The van der Waals surface area contributed by atoms with E-state index in [-0.39, 0.29) is 44.3 Å². The number of aliphatic hydroxyl groups is 1. The van der Waals surface area contributed by atoms with Crippen LogP contribution in [0.4, 0.5) is 0 Å². The Balaban J connectivity index is 2.01. The van der Waals surface area contributed by atoms with Crippen molar-refractivity contribution < 1.29 is 15.0 Å². The number of hydrogen-bond donors (Lipinski definition) is 4. The van der Waals surface area contributed by atoms with E-state index < -0.39 is 16.6 Å². The first kappa shape index (κ1) is 22.2. The van der Waals surface area contributed by atoms with Crippen LogP contribution < -0.4 is 21.4 Å². The number of hydrogen-bond acceptors (Lipinski definition) is 7. The fourth-order valence-electron chi connectivity index (χ4n) is 3.47. The third-order valence-corrected chi connectivity index (χ3v) is 5.23. The van der Waals surface area contributed by atoms with Gasteiger partial charge in [-0.2, -0.15) is 0 Å². The number of aromatic nitrogens is 2. The van der Waals surface area contributed by atoms with Crippen LogP contribution in [0.25, 0.3) is 28.3 Å². The molecule has 0 radical (unpaired) electrons. The summed E-state index contributed by atoms with van der Waals surface area (Å²) in [5, 5.41) is 22.4. The molecule has 1 aromatic heterocycles. The van der Waals surface area contributed by atoms with E-state index in [2.05, 4.69) is 20.2 Å². The van der Waals surface area contributed by atoms with Crippen LogP contribution in [0.3, 0.4) is 0 Å². The van der Waals surface area contributed by atoms with E-state index in [0.29, 0.717) is 12.8 Å². The standard InChI is InChI=1S/C22H26N4O5/c1-12-20(29)14(11-27)17-19(21(12)30)25-16-13(7-8-15(28)18(16)24-17)22(31)23-9-5-4-6-10-26(2)3/h7-8,11,25,27,29H,4-6,9-10H2,1-3H3,(H,23,31)/b14-11-. The summed E-state index contributed by atoms with van der Waals surface area (Å²) >= 11 is 0. The van der Waals surface area contributed by atoms with Crippen molar-refractivity contribution >= 4 is 34.2 Å². The molecule has 0 aliphatic carbocycles. The van der Waals surface area contributed by atoms with Gasteiger partial charge in [0.25, 0.3) is 5.91 Å². The summed E-state index contributed by atoms with van der Waals surface area (Å²) in [7, 11) is 4.02. The quantitative estimate of drug-likeness (QED) is 0.326. The highest BCUT2D eigenvalue weighted by molar-refractivity contribution is 6.06. The van der Waals surface area contributed by atoms with Crippen LogP contribution in [0.1, 0.15) is 35.2 Å². The number of carbonyl (C=O) groups is 1. The van der Waals surface area contributed by atoms with Crippen molar-refractivity contribution in [3.05, 3.63) is 48.9 Å². The smallest absolute Gasteiger partial charge is 0.253 e. The summed E-state index contributed by atoms with van der Waals surface area (Å²) < 4.78 is 0. The number of H-pyrrole nitrogens is 1. The molecule has 0 unspecified atom stereocenters. The number of amides is 1. The second-order valence-electron chi connectivity index (χ2n) is 7.76. The van der Waals surface area contributed by atoms with Gasteiger partial charge in [-0.05, 0) is 52.5 Å². The average Bonchev–Trinajstić information content (AvgIpc) is 2.74. The van der Waals surface area contributed by atoms with Crippen molar-refractivity contribution in [3.63, 3.8) is 0 Å². The van der Waals surface area contributed by atoms with E-state index in [1.165, 1.54) is 19.1 Å². The molecular weight excluding hydrogens is 400 g/mol. The number of nitrogens with one attached hydrogen (secondary N) is 2. The third-order valence-electron chi connectivity index (χ3n) is 5.23. The molecule has 9 nitrogen and oxygen atoms in total. The Kier molecular flexibility index (Phi) is 6.55. The molecule has 0 aliphatic heterocycles.